The third kappa shape index (κ3) is 35.0. The van der Waals surface area contributed by atoms with Gasteiger partial charge in [-0.2, -0.15) is 0 Å². The monoisotopic (exact) mass is 552 g/mol. The fraction of sp³-hybridized carbons (Fsp3) is 0.889. The number of nitrogens with one attached hydrogen (secondary N) is 1. The van der Waals surface area contributed by atoms with Crippen LogP contribution in [0.3, 0.4) is 0 Å². The fourth-order valence-electron chi connectivity index (χ4n) is 3.91. The molecule has 0 bridgehead atoms. The van der Waals surface area contributed by atoms with E-state index in [-0.39, 0.29) is 24.7 Å². The van der Waals surface area contributed by atoms with Crippen LogP contribution in [0.5, 0.6) is 0 Å². The molecule has 5 N–H and O–H groups in total. The summed E-state index contributed by atoms with van der Waals surface area (Å²) in [6, 6.07) is 0.215. The SMILES string of the molecule is CCCCCCCC/C=C/CCCCCCCC(=O)NCC[NH2+]C(CCO)CC(C)O.COS(=O)(=O)[O-]. The number of carbonyl (C=O) groups excluding carboxylic acids is 1. The zero-order valence-electron chi connectivity index (χ0n) is 23.7. The molecule has 0 fully saturated rings. The zero-order chi connectivity index (χ0) is 28.2. The first kappa shape index (κ1) is 38.1. The van der Waals surface area contributed by atoms with E-state index in [0.717, 1.165) is 26.5 Å². The number of unbranched alkanes of at least 4 members (excludes halogenated alkanes) is 11. The third-order valence-electron chi connectivity index (χ3n) is 5.98. The van der Waals surface area contributed by atoms with E-state index in [2.05, 4.69) is 33.9 Å². The van der Waals surface area contributed by atoms with Crippen molar-refractivity contribution in [3.05, 3.63) is 12.2 Å². The van der Waals surface area contributed by atoms with Crippen LogP contribution >= 0.6 is 0 Å². The molecular formula is C27H56N2O7S. The standard InChI is InChI=1S/C26H52N2O3.CH4O4S/c1-3-4-5-6-7-8-9-10-11-12-13-14-15-16-17-18-26(31)28-21-20-27-25(19-22-29)23-24(2)30;1-5-6(2,3)4/h10-11,24-25,27,29-30H,3-9,12-23H2,1-2H3,(H,28,31);1H3,(H,2,3,4)/b11-10+;. The second-order valence-electron chi connectivity index (χ2n) is 9.64. The summed E-state index contributed by atoms with van der Waals surface area (Å²) in [6.45, 7) is 5.60. The Kier molecular flexibility index (Phi) is 28.8. The fourth-order valence-corrected chi connectivity index (χ4v) is 3.91. The van der Waals surface area contributed by atoms with Gasteiger partial charge in [-0.1, -0.05) is 70.4 Å². The lowest BCUT2D eigenvalue weighted by Gasteiger charge is -2.16. The van der Waals surface area contributed by atoms with E-state index in [4.69, 9.17) is 5.11 Å². The molecule has 0 aromatic heterocycles. The summed E-state index contributed by atoms with van der Waals surface area (Å²) in [7, 11) is -3.60. The van der Waals surface area contributed by atoms with E-state index in [0.29, 0.717) is 25.8 Å². The molecule has 0 rings (SSSR count). The molecule has 10 heteroatoms. The van der Waals surface area contributed by atoms with Gasteiger partial charge in [0.25, 0.3) is 0 Å². The minimum atomic E-state index is -4.41. The van der Waals surface area contributed by atoms with Crippen molar-refractivity contribution in [2.75, 3.05) is 26.8 Å². The Morgan fingerprint density at radius 1 is 1.00 bits per heavy atom. The normalized spacial score (nSPS) is 13.2. The molecule has 9 nitrogen and oxygen atoms in total. The lowest BCUT2D eigenvalue weighted by Crippen LogP contribution is -2.91. The van der Waals surface area contributed by atoms with Gasteiger partial charge in [-0.05, 0) is 39.0 Å². The molecule has 0 saturated heterocycles. The van der Waals surface area contributed by atoms with Gasteiger partial charge in [0.15, 0.2) is 0 Å². The minimum absolute atomic E-state index is 0.135. The Balaban J connectivity index is 0. The molecule has 0 spiro atoms. The van der Waals surface area contributed by atoms with Crippen LogP contribution in [0.15, 0.2) is 12.2 Å². The van der Waals surface area contributed by atoms with Gasteiger partial charge in [0.2, 0.25) is 16.3 Å². The van der Waals surface area contributed by atoms with Gasteiger partial charge in [-0.15, -0.1) is 0 Å². The number of hydrogen-bond acceptors (Lipinski definition) is 7. The first-order valence-electron chi connectivity index (χ1n) is 14.2. The van der Waals surface area contributed by atoms with Crippen LogP contribution in [0.1, 0.15) is 117 Å². The van der Waals surface area contributed by atoms with Crippen LogP contribution in [-0.4, -0.2) is 68.0 Å². The molecular weight excluding hydrogens is 496 g/mol. The predicted molar refractivity (Wildman–Crippen MR) is 148 cm³/mol. The Hall–Kier alpha value is -1.04. The van der Waals surface area contributed by atoms with E-state index < -0.39 is 10.4 Å². The number of aliphatic hydroxyl groups excluding tert-OH is 2. The number of rotatable bonds is 24. The summed E-state index contributed by atoms with van der Waals surface area (Å²) in [6.07, 6.45) is 22.8. The second-order valence-corrected chi connectivity index (χ2v) is 10.8. The summed E-state index contributed by atoms with van der Waals surface area (Å²) in [5.74, 6) is 0.139. The van der Waals surface area contributed by atoms with E-state index in [9.17, 15) is 22.9 Å². The molecule has 2 unspecified atom stereocenters. The highest BCUT2D eigenvalue weighted by Gasteiger charge is 2.14. The minimum Gasteiger partial charge on any atom is -0.726 e. The van der Waals surface area contributed by atoms with Crippen molar-refractivity contribution in [1.82, 2.24) is 5.32 Å². The molecule has 0 aromatic rings. The molecule has 0 aliphatic rings. The summed E-state index contributed by atoms with van der Waals surface area (Å²) in [5.41, 5.74) is 0. The molecule has 0 radical (unpaired) electrons. The molecule has 0 aliphatic heterocycles. The number of amides is 1. The average Bonchev–Trinajstić information content (AvgIpc) is 2.84. The number of nitrogens with two attached hydrogens (primary N) is 1. The van der Waals surface area contributed by atoms with Crippen LogP contribution in [-0.2, 0) is 19.4 Å². The maximum Gasteiger partial charge on any atom is 0.220 e. The van der Waals surface area contributed by atoms with Crippen molar-refractivity contribution in [3.8, 4) is 0 Å². The topological polar surface area (TPSA) is 153 Å². The Morgan fingerprint density at radius 3 is 2.00 bits per heavy atom. The molecule has 222 valence electrons. The van der Waals surface area contributed by atoms with Crippen LogP contribution < -0.4 is 10.6 Å². The van der Waals surface area contributed by atoms with E-state index in [1.165, 1.54) is 70.6 Å². The van der Waals surface area contributed by atoms with Crippen LogP contribution in [0.2, 0.25) is 0 Å². The first-order valence-corrected chi connectivity index (χ1v) is 15.5. The molecule has 0 saturated carbocycles. The molecule has 0 aromatic carbocycles. The number of carbonyl (C=O) groups is 1. The highest BCUT2D eigenvalue weighted by molar-refractivity contribution is 7.80. The van der Waals surface area contributed by atoms with Gasteiger partial charge in [0.05, 0.1) is 32.3 Å². The first-order chi connectivity index (χ1) is 17.7. The van der Waals surface area contributed by atoms with E-state index >= 15 is 0 Å². The van der Waals surface area contributed by atoms with Crippen molar-refractivity contribution < 1.29 is 37.5 Å². The van der Waals surface area contributed by atoms with Crippen molar-refractivity contribution in [2.24, 2.45) is 0 Å². The Bertz CT molecular complexity index is 628. The van der Waals surface area contributed by atoms with E-state index in [1.54, 1.807) is 6.92 Å². The summed E-state index contributed by atoms with van der Waals surface area (Å²) in [4.78, 5) is 11.9. The van der Waals surface area contributed by atoms with E-state index in [1.807, 2.05) is 0 Å². The van der Waals surface area contributed by atoms with Gasteiger partial charge in [-0.25, -0.2) is 8.42 Å². The Morgan fingerprint density at radius 2 is 1.51 bits per heavy atom. The highest BCUT2D eigenvalue weighted by atomic mass is 32.3. The van der Waals surface area contributed by atoms with Crippen LogP contribution in [0, 0.1) is 0 Å². The quantitative estimate of drug-likeness (QED) is 0.0620. The molecule has 0 heterocycles. The maximum atomic E-state index is 11.9. The van der Waals surface area contributed by atoms with Crippen molar-refractivity contribution in [3.63, 3.8) is 0 Å². The van der Waals surface area contributed by atoms with Crippen molar-refractivity contribution in [1.29, 1.82) is 0 Å². The van der Waals surface area contributed by atoms with Gasteiger partial charge >= 0.3 is 0 Å². The lowest BCUT2D eigenvalue weighted by atomic mass is 10.1. The van der Waals surface area contributed by atoms with Gasteiger partial charge in [-0.3, -0.25) is 8.98 Å². The van der Waals surface area contributed by atoms with Gasteiger partial charge in [0.1, 0.15) is 0 Å². The van der Waals surface area contributed by atoms with Gasteiger partial charge < -0.3 is 25.4 Å². The predicted octanol–water partition coefficient (Wildman–Crippen LogP) is 3.32. The molecule has 0 aliphatic carbocycles. The second kappa shape index (κ2) is 28.0. The molecule has 37 heavy (non-hydrogen) atoms. The van der Waals surface area contributed by atoms with Gasteiger partial charge in [0, 0.05) is 25.9 Å². The summed E-state index contributed by atoms with van der Waals surface area (Å²) < 4.78 is 31.0. The smallest absolute Gasteiger partial charge is 0.220 e. The largest absolute Gasteiger partial charge is 0.726 e. The maximum absolute atomic E-state index is 11.9. The molecule has 1 amide bonds. The van der Waals surface area contributed by atoms with Crippen LogP contribution in [0.4, 0.5) is 0 Å². The molecule has 2 atom stereocenters. The summed E-state index contributed by atoms with van der Waals surface area (Å²) >= 11 is 0. The number of aliphatic hydroxyl groups is 2. The average molecular weight is 553 g/mol. The van der Waals surface area contributed by atoms with Crippen molar-refractivity contribution >= 4 is 16.3 Å². The number of quaternary nitrogens is 1. The number of allylic oxidation sites excluding steroid dienone is 2. The lowest BCUT2D eigenvalue weighted by molar-refractivity contribution is -0.689. The van der Waals surface area contributed by atoms with Crippen molar-refractivity contribution in [2.45, 2.75) is 129 Å². The Labute approximate surface area is 226 Å². The van der Waals surface area contributed by atoms with Crippen LogP contribution in [0.25, 0.3) is 0 Å². The summed E-state index contributed by atoms with van der Waals surface area (Å²) in [5, 5.41) is 23.7. The zero-order valence-corrected chi connectivity index (χ0v) is 24.5. The third-order valence-corrected chi connectivity index (χ3v) is 6.39. The highest BCUT2D eigenvalue weighted by Crippen LogP contribution is 2.10. The number of hydrogen-bond donors (Lipinski definition) is 4.